The Balaban J connectivity index is 2.46. The van der Waals surface area contributed by atoms with E-state index in [0.29, 0.717) is 15.6 Å². The summed E-state index contributed by atoms with van der Waals surface area (Å²) >= 11 is 4.34. The molecule has 1 amide bonds. The number of benzene rings is 1. The lowest BCUT2D eigenvalue weighted by Crippen LogP contribution is -2.17. The zero-order valence-electron chi connectivity index (χ0n) is 16.3. The molecule has 0 atom stereocenters. The van der Waals surface area contributed by atoms with Gasteiger partial charge in [-0.2, -0.15) is 0 Å². The maximum Gasteiger partial charge on any atom is 0.348 e. The first-order valence-electron chi connectivity index (χ1n) is 8.73. The third-order valence-corrected chi connectivity index (χ3v) is 5.45. The summed E-state index contributed by atoms with van der Waals surface area (Å²) in [6.45, 7) is 8.58. The largest absolute Gasteiger partial charge is 0.459 e. The second kappa shape index (κ2) is 9.34. The molecule has 0 saturated heterocycles. The Bertz CT molecular complexity index is 904. The predicted octanol–water partition coefficient (Wildman–Crippen LogP) is 5.20. The van der Waals surface area contributed by atoms with Crippen molar-refractivity contribution in [3.8, 4) is 0 Å². The first-order chi connectivity index (χ1) is 13.1. The van der Waals surface area contributed by atoms with E-state index in [9.17, 15) is 14.4 Å². The molecule has 0 aliphatic carbocycles. The highest BCUT2D eigenvalue weighted by Gasteiger charge is 2.28. The number of hydrogen-bond acceptors (Lipinski definition) is 6. The molecule has 1 aromatic heterocycles. The van der Waals surface area contributed by atoms with Crippen molar-refractivity contribution in [1.29, 1.82) is 0 Å². The molecule has 0 fully saturated rings. The molecule has 1 N–H and O–H groups in total. The number of rotatable bonds is 6. The predicted molar refractivity (Wildman–Crippen MR) is 112 cm³/mol. The normalized spacial score (nSPS) is 10.9. The molecule has 0 aliphatic rings. The summed E-state index contributed by atoms with van der Waals surface area (Å²) in [5.74, 6) is -1.55. The molecule has 2 rings (SSSR count). The minimum absolute atomic E-state index is 0.162. The topological polar surface area (TPSA) is 81.7 Å². The molecule has 1 aromatic carbocycles. The quantitative estimate of drug-likeness (QED) is 0.590. The van der Waals surface area contributed by atoms with Gasteiger partial charge in [0.1, 0.15) is 9.88 Å². The fourth-order valence-electron chi connectivity index (χ4n) is 2.40. The summed E-state index contributed by atoms with van der Waals surface area (Å²) in [6, 6.07) is 6.92. The van der Waals surface area contributed by atoms with Crippen LogP contribution < -0.4 is 5.32 Å². The van der Waals surface area contributed by atoms with Gasteiger partial charge in [-0.1, -0.05) is 12.1 Å². The molecule has 8 heteroatoms. The average Bonchev–Trinajstić information content (AvgIpc) is 2.90. The van der Waals surface area contributed by atoms with Crippen LogP contribution in [-0.2, 0) is 9.47 Å². The van der Waals surface area contributed by atoms with Crippen molar-refractivity contribution < 1.29 is 23.9 Å². The summed E-state index contributed by atoms with van der Waals surface area (Å²) in [5.41, 5.74) is 0.988. The van der Waals surface area contributed by atoms with Crippen molar-refractivity contribution in [1.82, 2.24) is 0 Å². The number of carbonyl (C=O) groups excluding carboxylic acids is 3. The molecule has 0 bridgehead atoms. The maximum atomic E-state index is 12.7. The number of nitrogens with one attached hydrogen (secondary N) is 1. The van der Waals surface area contributed by atoms with E-state index in [1.807, 2.05) is 0 Å². The minimum Gasteiger partial charge on any atom is -0.459 e. The number of hydrogen-bond donors (Lipinski definition) is 1. The smallest absolute Gasteiger partial charge is 0.348 e. The molecule has 6 nitrogen and oxygen atoms in total. The Morgan fingerprint density at radius 1 is 1.00 bits per heavy atom. The van der Waals surface area contributed by atoms with Crippen molar-refractivity contribution in [3.63, 3.8) is 0 Å². The second-order valence-corrected chi connectivity index (χ2v) is 8.48. The molecule has 0 spiro atoms. The second-order valence-electron chi connectivity index (χ2n) is 6.60. The van der Waals surface area contributed by atoms with Crippen LogP contribution in [0.15, 0.2) is 28.7 Å². The van der Waals surface area contributed by atoms with E-state index in [1.54, 1.807) is 58.9 Å². The van der Waals surface area contributed by atoms with Crippen molar-refractivity contribution in [2.24, 2.45) is 0 Å². The number of anilines is 1. The lowest BCUT2D eigenvalue weighted by atomic mass is 10.1. The molecular formula is C20H22BrNO5S. The number of esters is 2. The molecule has 0 radical (unpaired) electrons. The molecule has 0 aliphatic heterocycles. The Morgan fingerprint density at radius 3 is 2.14 bits per heavy atom. The summed E-state index contributed by atoms with van der Waals surface area (Å²) in [6.07, 6.45) is -0.650. The van der Waals surface area contributed by atoms with Crippen LogP contribution in [-0.4, -0.2) is 30.1 Å². The van der Waals surface area contributed by atoms with Gasteiger partial charge in [-0.05, 0) is 68.2 Å². The fourth-order valence-corrected chi connectivity index (χ4v) is 3.94. The number of ether oxygens (including phenoxy) is 2. The average molecular weight is 468 g/mol. The Hall–Kier alpha value is -2.19. The van der Waals surface area contributed by atoms with Gasteiger partial charge in [0.25, 0.3) is 5.91 Å². The number of halogens is 1. The van der Waals surface area contributed by atoms with Gasteiger partial charge < -0.3 is 14.8 Å². The van der Waals surface area contributed by atoms with Crippen LogP contribution in [0.4, 0.5) is 5.00 Å². The van der Waals surface area contributed by atoms with Crippen LogP contribution in [0.2, 0.25) is 0 Å². The highest BCUT2D eigenvalue weighted by molar-refractivity contribution is 9.10. The molecule has 0 saturated carbocycles. The van der Waals surface area contributed by atoms with Gasteiger partial charge in [-0.25, -0.2) is 9.59 Å². The summed E-state index contributed by atoms with van der Waals surface area (Å²) < 4.78 is 11.2. The van der Waals surface area contributed by atoms with Crippen LogP contribution in [0.3, 0.4) is 0 Å². The van der Waals surface area contributed by atoms with Crippen LogP contribution in [0.5, 0.6) is 0 Å². The molecule has 0 unspecified atom stereocenters. The number of amides is 1. The number of thiophene rings is 1. The lowest BCUT2D eigenvalue weighted by Gasteiger charge is -2.11. The molecule has 150 valence electrons. The molecule has 1 heterocycles. The van der Waals surface area contributed by atoms with Gasteiger partial charge in [0.15, 0.2) is 0 Å². The van der Waals surface area contributed by atoms with E-state index in [2.05, 4.69) is 21.2 Å². The van der Waals surface area contributed by atoms with E-state index < -0.39 is 17.8 Å². The van der Waals surface area contributed by atoms with Crippen molar-refractivity contribution in [2.75, 3.05) is 5.32 Å². The summed E-state index contributed by atoms with van der Waals surface area (Å²) in [7, 11) is 0. The molecule has 2 aromatic rings. The Labute approximate surface area is 176 Å². The zero-order chi connectivity index (χ0) is 21.0. The lowest BCUT2D eigenvalue weighted by molar-refractivity contribution is 0.0378. The fraction of sp³-hybridized carbons (Fsp3) is 0.350. The summed E-state index contributed by atoms with van der Waals surface area (Å²) in [5, 5.41) is 2.98. The molecule has 28 heavy (non-hydrogen) atoms. The monoisotopic (exact) mass is 467 g/mol. The zero-order valence-corrected chi connectivity index (χ0v) is 18.7. The van der Waals surface area contributed by atoms with Gasteiger partial charge in [0, 0.05) is 4.47 Å². The molecular weight excluding hydrogens is 446 g/mol. The SMILES string of the molecule is Cc1c(C(=O)OC(C)C)sc(NC(=O)c2ccccc2Br)c1C(=O)OC(C)C. The van der Waals surface area contributed by atoms with Crippen LogP contribution in [0.1, 0.15) is 63.6 Å². The summed E-state index contributed by atoms with van der Waals surface area (Å²) in [4.78, 5) is 38.0. The van der Waals surface area contributed by atoms with E-state index >= 15 is 0 Å². The van der Waals surface area contributed by atoms with Gasteiger partial charge in [0.2, 0.25) is 0 Å². The first kappa shape index (κ1) is 22.1. The van der Waals surface area contributed by atoms with Crippen LogP contribution >= 0.6 is 27.3 Å². The number of carbonyl (C=O) groups is 3. The van der Waals surface area contributed by atoms with Gasteiger partial charge in [-0.3, -0.25) is 4.79 Å². The Morgan fingerprint density at radius 2 is 1.57 bits per heavy atom. The van der Waals surface area contributed by atoms with Gasteiger partial charge >= 0.3 is 11.9 Å². The van der Waals surface area contributed by atoms with E-state index in [1.165, 1.54) is 0 Å². The Kier molecular flexibility index (Phi) is 7.37. The van der Waals surface area contributed by atoms with Crippen LogP contribution in [0, 0.1) is 6.92 Å². The first-order valence-corrected chi connectivity index (χ1v) is 10.3. The highest BCUT2D eigenvalue weighted by Crippen LogP contribution is 2.35. The third kappa shape index (κ3) is 5.20. The highest BCUT2D eigenvalue weighted by atomic mass is 79.9. The van der Waals surface area contributed by atoms with E-state index in [4.69, 9.17) is 9.47 Å². The van der Waals surface area contributed by atoms with Crippen molar-refractivity contribution >= 4 is 50.1 Å². The minimum atomic E-state index is -0.602. The maximum absolute atomic E-state index is 12.7. The van der Waals surface area contributed by atoms with Crippen molar-refractivity contribution in [3.05, 3.63) is 50.3 Å². The standard InChI is InChI=1S/C20H22BrNO5S/c1-10(2)26-19(24)15-12(5)16(20(25)27-11(3)4)28-18(15)22-17(23)13-8-6-7-9-14(13)21/h6-11H,1-5H3,(H,22,23). The third-order valence-electron chi connectivity index (χ3n) is 3.57. The van der Waals surface area contributed by atoms with Gasteiger partial charge in [-0.15, -0.1) is 11.3 Å². The van der Waals surface area contributed by atoms with Crippen LogP contribution in [0.25, 0.3) is 0 Å². The van der Waals surface area contributed by atoms with Gasteiger partial charge in [0.05, 0.1) is 23.3 Å². The van der Waals surface area contributed by atoms with Crippen molar-refractivity contribution in [2.45, 2.75) is 46.8 Å². The van der Waals surface area contributed by atoms with E-state index in [-0.39, 0.29) is 27.6 Å². The van der Waals surface area contributed by atoms with E-state index in [0.717, 1.165) is 11.3 Å².